The molecule has 0 unspecified atom stereocenters. The third-order valence-corrected chi connectivity index (χ3v) is 3.36. The predicted octanol–water partition coefficient (Wildman–Crippen LogP) is 3.08. The number of nitrogens with zero attached hydrogens (tertiary/aromatic N) is 1. The quantitative estimate of drug-likeness (QED) is 0.506. The summed E-state index contributed by atoms with van der Waals surface area (Å²) >= 11 is 5.21. The number of ether oxygens (including phenoxy) is 1. The lowest BCUT2D eigenvalue weighted by molar-refractivity contribution is 0.415. The lowest BCUT2D eigenvalue weighted by Crippen LogP contribution is -2.32. The molecule has 0 aliphatic carbocycles. The molecule has 0 atom stereocenters. The van der Waals surface area contributed by atoms with Crippen LogP contribution in [0.1, 0.15) is 18.1 Å². The maximum Gasteiger partial charge on any atom is 0.187 e. The van der Waals surface area contributed by atoms with Crippen LogP contribution >= 0.6 is 12.2 Å². The van der Waals surface area contributed by atoms with E-state index in [1.54, 1.807) is 7.11 Å². The number of hydrazone groups is 1. The average molecular weight is 313 g/mol. The Morgan fingerprint density at radius 3 is 2.41 bits per heavy atom. The molecule has 0 aliphatic heterocycles. The van der Waals surface area contributed by atoms with E-state index in [2.05, 4.69) is 15.8 Å². The highest BCUT2D eigenvalue weighted by molar-refractivity contribution is 7.80. The molecule has 0 saturated heterocycles. The van der Waals surface area contributed by atoms with Gasteiger partial charge in [0.05, 0.1) is 12.8 Å². The molecule has 114 valence electrons. The molecule has 0 amide bonds. The number of hydrogen-bond donors (Lipinski definition) is 2. The number of thiocarbonyl (C=S) groups is 1. The Labute approximate surface area is 136 Å². The largest absolute Gasteiger partial charge is 0.497 e. The van der Waals surface area contributed by atoms with E-state index in [1.165, 1.54) is 5.56 Å². The number of rotatable bonds is 5. The second-order valence-electron chi connectivity index (χ2n) is 4.71. The summed E-state index contributed by atoms with van der Waals surface area (Å²) in [5, 5.41) is 7.90. The van der Waals surface area contributed by atoms with Gasteiger partial charge in [0.2, 0.25) is 0 Å². The third-order valence-electron chi connectivity index (χ3n) is 3.13. The summed E-state index contributed by atoms with van der Waals surface area (Å²) in [6.45, 7) is 2.60. The Kier molecular flexibility index (Phi) is 5.91. The van der Waals surface area contributed by atoms with Gasteiger partial charge in [-0.3, -0.25) is 5.43 Å². The lowest BCUT2D eigenvalue weighted by atomic mass is 10.1. The second kappa shape index (κ2) is 8.14. The first-order valence-corrected chi connectivity index (χ1v) is 7.36. The highest BCUT2D eigenvalue weighted by Gasteiger charge is 1.99. The normalized spacial score (nSPS) is 10.9. The smallest absolute Gasteiger partial charge is 0.187 e. The fraction of sp³-hybridized carbons (Fsp3) is 0.176. The molecule has 5 heteroatoms. The van der Waals surface area contributed by atoms with E-state index in [4.69, 9.17) is 17.0 Å². The van der Waals surface area contributed by atoms with Crippen LogP contribution in [0.15, 0.2) is 59.7 Å². The molecule has 22 heavy (non-hydrogen) atoms. The van der Waals surface area contributed by atoms with Crippen molar-refractivity contribution in [3.05, 3.63) is 65.7 Å². The molecule has 0 saturated carbocycles. The highest BCUT2D eigenvalue weighted by atomic mass is 32.1. The molecular formula is C17H19N3OS. The lowest BCUT2D eigenvalue weighted by Gasteiger charge is -2.08. The standard InChI is InChI=1S/C17H19N3OS/c1-13(15-8-10-16(21-2)11-9-15)19-20-17(22)18-12-14-6-4-3-5-7-14/h3-11H,12H2,1-2H3,(H2,18,20,22)/b19-13-. The summed E-state index contributed by atoms with van der Waals surface area (Å²) in [6.07, 6.45) is 0. The summed E-state index contributed by atoms with van der Waals surface area (Å²) in [6, 6.07) is 17.8. The summed E-state index contributed by atoms with van der Waals surface area (Å²) in [5.74, 6) is 0.824. The van der Waals surface area contributed by atoms with Gasteiger partial charge in [-0.15, -0.1) is 0 Å². The van der Waals surface area contributed by atoms with E-state index in [9.17, 15) is 0 Å². The first-order chi connectivity index (χ1) is 10.7. The van der Waals surface area contributed by atoms with Gasteiger partial charge in [-0.25, -0.2) is 0 Å². The SMILES string of the molecule is COc1ccc(/C(C)=N\NC(=S)NCc2ccccc2)cc1. The zero-order chi connectivity index (χ0) is 15.8. The van der Waals surface area contributed by atoms with E-state index in [0.717, 1.165) is 17.0 Å². The van der Waals surface area contributed by atoms with Crippen molar-refractivity contribution in [3.8, 4) is 5.75 Å². The van der Waals surface area contributed by atoms with Crippen LogP contribution in [0.3, 0.4) is 0 Å². The maximum absolute atomic E-state index is 5.21. The average Bonchev–Trinajstić information content (AvgIpc) is 2.58. The first-order valence-electron chi connectivity index (χ1n) is 6.95. The number of nitrogens with one attached hydrogen (secondary N) is 2. The fourth-order valence-corrected chi connectivity index (χ4v) is 1.97. The molecule has 0 radical (unpaired) electrons. The second-order valence-corrected chi connectivity index (χ2v) is 5.11. The zero-order valence-corrected chi connectivity index (χ0v) is 13.5. The van der Waals surface area contributed by atoms with Gasteiger partial charge in [0.25, 0.3) is 0 Å². The maximum atomic E-state index is 5.21. The van der Waals surface area contributed by atoms with Crippen LogP contribution in [-0.2, 0) is 6.54 Å². The minimum absolute atomic E-state index is 0.497. The van der Waals surface area contributed by atoms with Crippen molar-refractivity contribution in [2.24, 2.45) is 5.10 Å². The first kappa shape index (κ1) is 16.0. The summed E-state index contributed by atoms with van der Waals surface area (Å²) < 4.78 is 5.13. The molecule has 0 aromatic heterocycles. The third kappa shape index (κ3) is 4.86. The van der Waals surface area contributed by atoms with Crippen molar-refractivity contribution in [3.63, 3.8) is 0 Å². The van der Waals surface area contributed by atoms with Crippen LogP contribution in [-0.4, -0.2) is 17.9 Å². The molecule has 2 rings (SSSR count). The minimum atomic E-state index is 0.497. The predicted molar refractivity (Wildman–Crippen MR) is 94.2 cm³/mol. The molecular weight excluding hydrogens is 294 g/mol. The zero-order valence-electron chi connectivity index (χ0n) is 12.7. The van der Waals surface area contributed by atoms with Gasteiger partial charge in [0.15, 0.2) is 5.11 Å². The topological polar surface area (TPSA) is 45.6 Å². The molecule has 2 aromatic carbocycles. The Bertz CT molecular complexity index is 639. The molecule has 0 heterocycles. The van der Waals surface area contributed by atoms with E-state index < -0.39 is 0 Å². The monoisotopic (exact) mass is 313 g/mol. The summed E-state index contributed by atoms with van der Waals surface area (Å²) in [7, 11) is 1.65. The number of hydrogen-bond acceptors (Lipinski definition) is 3. The van der Waals surface area contributed by atoms with E-state index in [-0.39, 0.29) is 0 Å². The van der Waals surface area contributed by atoms with Gasteiger partial charge in [-0.2, -0.15) is 5.10 Å². The van der Waals surface area contributed by atoms with Gasteiger partial charge >= 0.3 is 0 Å². The van der Waals surface area contributed by atoms with Gasteiger partial charge in [-0.1, -0.05) is 30.3 Å². The van der Waals surface area contributed by atoms with Gasteiger partial charge in [0, 0.05) is 6.54 Å². The van der Waals surface area contributed by atoms with Gasteiger partial charge in [0.1, 0.15) is 5.75 Å². The van der Waals surface area contributed by atoms with Crippen molar-refractivity contribution in [1.82, 2.24) is 10.7 Å². The van der Waals surface area contributed by atoms with Crippen molar-refractivity contribution in [1.29, 1.82) is 0 Å². The molecule has 2 N–H and O–H groups in total. The van der Waals surface area contributed by atoms with Crippen molar-refractivity contribution in [2.45, 2.75) is 13.5 Å². The van der Waals surface area contributed by atoms with Gasteiger partial charge < -0.3 is 10.1 Å². The van der Waals surface area contributed by atoms with Crippen LogP contribution < -0.4 is 15.5 Å². The Morgan fingerprint density at radius 2 is 1.77 bits per heavy atom. The van der Waals surface area contributed by atoms with E-state index >= 15 is 0 Å². The van der Waals surface area contributed by atoms with Crippen molar-refractivity contribution < 1.29 is 4.74 Å². The van der Waals surface area contributed by atoms with Crippen molar-refractivity contribution in [2.75, 3.05) is 7.11 Å². The van der Waals surface area contributed by atoms with Crippen molar-refractivity contribution >= 4 is 23.0 Å². The summed E-state index contributed by atoms with van der Waals surface area (Å²) in [5.41, 5.74) is 5.89. The Morgan fingerprint density at radius 1 is 1.09 bits per heavy atom. The Balaban J connectivity index is 1.85. The Hall–Kier alpha value is -2.40. The minimum Gasteiger partial charge on any atom is -0.497 e. The van der Waals surface area contributed by atoms with Crippen LogP contribution in [0.4, 0.5) is 0 Å². The highest BCUT2D eigenvalue weighted by Crippen LogP contribution is 2.11. The van der Waals surface area contributed by atoms with Crippen LogP contribution in [0.25, 0.3) is 0 Å². The van der Waals surface area contributed by atoms with Crippen LogP contribution in [0.2, 0.25) is 0 Å². The van der Waals surface area contributed by atoms with E-state index in [1.807, 2.05) is 61.5 Å². The molecule has 2 aromatic rings. The number of benzene rings is 2. The van der Waals surface area contributed by atoms with E-state index in [0.29, 0.717) is 11.7 Å². The molecule has 0 aliphatic rings. The van der Waals surface area contributed by atoms with Crippen LogP contribution in [0, 0.1) is 0 Å². The summed E-state index contributed by atoms with van der Waals surface area (Å²) in [4.78, 5) is 0. The fourth-order valence-electron chi connectivity index (χ4n) is 1.85. The molecule has 0 bridgehead atoms. The molecule has 4 nitrogen and oxygen atoms in total. The van der Waals surface area contributed by atoms with Crippen LogP contribution in [0.5, 0.6) is 5.75 Å². The number of methoxy groups -OCH3 is 1. The van der Waals surface area contributed by atoms with Gasteiger partial charge in [-0.05, 0) is 54.5 Å². The molecule has 0 spiro atoms. The molecule has 0 fully saturated rings.